The second-order valence-electron chi connectivity index (χ2n) is 6.34. The maximum absolute atomic E-state index is 12.2. The van der Waals surface area contributed by atoms with E-state index in [2.05, 4.69) is 16.1 Å². The third-order valence-electron chi connectivity index (χ3n) is 4.48. The topological polar surface area (TPSA) is 99.1 Å². The minimum Gasteiger partial charge on any atom is -0.338 e. The Morgan fingerprint density at radius 3 is 2.50 bits per heavy atom. The second kappa shape index (κ2) is 7.32. The highest BCUT2D eigenvalue weighted by molar-refractivity contribution is 7.89. The highest BCUT2D eigenvalue weighted by Crippen LogP contribution is 2.28. The Kier molecular flexibility index (Phi) is 5.62. The molecule has 0 saturated heterocycles. The van der Waals surface area contributed by atoms with Crippen molar-refractivity contribution in [1.29, 1.82) is 5.26 Å². The molecule has 0 spiro atoms. The quantitative estimate of drug-likeness (QED) is 0.819. The number of aryl methyl sites for hydroxylation is 2. The zero-order chi connectivity index (χ0) is 17.8. The average molecular weight is 349 g/mol. The van der Waals surface area contributed by atoms with E-state index in [-0.39, 0.29) is 23.8 Å². The summed E-state index contributed by atoms with van der Waals surface area (Å²) in [5.41, 5.74) is 1.14. The number of carbonyl (C=O) groups is 1. The highest BCUT2D eigenvalue weighted by atomic mass is 32.2. The molecule has 0 atom stereocenters. The molecule has 0 unspecified atom stereocenters. The molecule has 2 rings (SSSR count). The molecule has 0 heterocycles. The summed E-state index contributed by atoms with van der Waals surface area (Å²) in [5, 5.41) is 12.0. The van der Waals surface area contributed by atoms with E-state index < -0.39 is 15.6 Å². The van der Waals surface area contributed by atoms with E-state index in [4.69, 9.17) is 0 Å². The molecule has 1 aromatic rings. The van der Waals surface area contributed by atoms with Crippen molar-refractivity contribution in [3.63, 3.8) is 0 Å². The van der Waals surface area contributed by atoms with Gasteiger partial charge in [0.25, 0.3) is 0 Å². The first-order valence-electron chi connectivity index (χ1n) is 8.07. The fourth-order valence-electron chi connectivity index (χ4n) is 2.84. The predicted molar refractivity (Wildman–Crippen MR) is 90.7 cm³/mol. The Labute approximate surface area is 143 Å². The van der Waals surface area contributed by atoms with Gasteiger partial charge in [-0.3, -0.25) is 4.79 Å². The molecular weight excluding hydrogens is 326 g/mol. The van der Waals surface area contributed by atoms with Crippen molar-refractivity contribution in [2.75, 3.05) is 6.54 Å². The average Bonchev–Trinajstić information content (AvgIpc) is 2.98. The van der Waals surface area contributed by atoms with E-state index in [1.807, 2.05) is 13.8 Å². The van der Waals surface area contributed by atoms with Gasteiger partial charge in [-0.1, -0.05) is 6.07 Å². The van der Waals surface area contributed by atoms with Crippen molar-refractivity contribution in [3.05, 3.63) is 29.3 Å². The number of benzene rings is 1. The molecule has 130 valence electrons. The SMILES string of the molecule is Cc1ccc(S(=O)(=O)NCCC(=O)NC2(C#N)CCCC2)cc1C. The lowest BCUT2D eigenvalue weighted by Gasteiger charge is -2.21. The Bertz CT molecular complexity index is 760. The number of hydrogen-bond donors (Lipinski definition) is 2. The number of carbonyl (C=O) groups excluding carboxylic acids is 1. The summed E-state index contributed by atoms with van der Waals surface area (Å²) in [4.78, 5) is 12.2. The lowest BCUT2D eigenvalue weighted by molar-refractivity contribution is -0.122. The maximum Gasteiger partial charge on any atom is 0.240 e. The second-order valence-corrected chi connectivity index (χ2v) is 8.11. The first-order chi connectivity index (χ1) is 11.3. The van der Waals surface area contributed by atoms with Crippen LogP contribution in [0.4, 0.5) is 0 Å². The molecule has 1 aliphatic carbocycles. The standard InChI is InChI=1S/C17H23N3O3S/c1-13-5-6-15(11-14(13)2)24(22,23)19-10-7-16(21)20-17(12-18)8-3-4-9-17/h5-6,11,19H,3-4,7-10H2,1-2H3,(H,20,21). The lowest BCUT2D eigenvalue weighted by atomic mass is 10.00. The zero-order valence-electron chi connectivity index (χ0n) is 14.1. The Balaban J connectivity index is 1.89. The van der Waals surface area contributed by atoms with Crippen LogP contribution >= 0.6 is 0 Å². The molecule has 7 heteroatoms. The van der Waals surface area contributed by atoms with Crippen LogP contribution in [0.5, 0.6) is 0 Å². The zero-order valence-corrected chi connectivity index (χ0v) is 14.9. The largest absolute Gasteiger partial charge is 0.338 e. The smallest absolute Gasteiger partial charge is 0.240 e. The van der Waals surface area contributed by atoms with Crippen LogP contribution in [-0.4, -0.2) is 26.4 Å². The van der Waals surface area contributed by atoms with Crippen LogP contribution in [0, 0.1) is 25.2 Å². The van der Waals surface area contributed by atoms with Crippen molar-refractivity contribution in [2.45, 2.75) is 56.4 Å². The van der Waals surface area contributed by atoms with Gasteiger partial charge >= 0.3 is 0 Å². The molecule has 0 bridgehead atoms. The molecule has 2 N–H and O–H groups in total. The van der Waals surface area contributed by atoms with Gasteiger partial charge in [0, 0.05) is 13.0 Å². The normalized spacial score (nSPS) is 16.5. The molecular formula is C17H23N3O3S. The third kappa shape index (κ3) is 4.34. The molecule has 1 aliphatic rings. The molecule has 1 aromatic carbocycles. The number of nitrogens with one attached hydrogen (secondary N) is 2. The number of hydrogen-bond acceptors (Lipinski definition) is 4. The van der Waals surface area contributed by atoms with Crippen LogP contribution < -0.4 is 10.0 Å². The van der Waals surface area contributed by atoms with Crippen LogP contribution in [-0.2, 0) is 14.8 Å². The van der Waals surface area contributed by atoms with Crippen LogP contribution in [0.1, 0.15) is 43.2 Å². The first kappa shape index (κ1) is 18.4. The van der Waals surface area contributed by atoms with Gasteiger partial charge in [-0.25, -0.2) is 13.1 Å². The lowest BCUT2D eigenvalue weighted by Crippen LogP contribution is -2.45. The summed E-state index contributed by atoms with van der Waals surface area (Å²) in [7, 11) is -3.64. The van der Waals surface area contributed by atoms with E-state index in [1.54, 1.807) is 18.2 Å². The molecule has 24 heavy (non-hydrogen) atoms. The molecule has 1 fully saturated rings. The van der Waals surface area contributed by atoms with Gasteiger partial charge in [-0.2, -0.15) is 5.26 Å². The number of rotatable bonds is 6. The van der Waals surface area contributed by atoms with Gasteiger partial charge in [0.2, 0.25) is 15.9 Å². The van der Waals surface area contributed by atoms with Gasteiger partial charge < -0.3 is 5.32 Å². The van der Waals surface area contributed by atoms with Gasteiger partial charge in [-0.05, 0) is 62.8 Å². The third-order valence-corrected chi connectivity index (χ3v) is 5.94. The van der Waals surface area contributed by atoms with Crippen molar-refractivity contribution in [1.82, 2.24) is 10.0 Å². The summed E-state index contributed by atoms with van der Waals surface area (Å²) >= 11 is 0. The van der Waals surface area contributed by atoms with Crippen molar-refractivity contribution < 1.29 is 13.2 Å². The van der Waals surface area contributed by atoms with E-state index in [1.165, 1.54) is 0 Å². The number of nitrogens with zero attached hydrogens (tertiary/aromatic N) is 1. The molecule has 0 aromatic heterocycles. The summed E-state index contributed by atoms with van der Waals surface area (Å²) in [6, 6.07) is 7.10. The monoisotopic (exact) mass is 349 g/mol. The number of sulfonamides is 1. The number of nitriles is 1. The highest BCUT2D eigenvalue weighted by Gasteiger charge is 2.35. The summed E-state index contributed by atoms with van der Waals surface area (Å²) in [6.07, 6.45) is 3.17. The Morgan fingerprint density at radius 1 is 1.25 bits per heavy atom. The predicted octanol–water partition coefficient (Wildman–Crippen LogP) is 1.92. The first-order valence-corrected chi connectivity index (χ1v) is 9.55. The van der Waals surface area contributed by atoms with E-state index in [0.29, 0.717) is 12.8 Å². The minimum atomic E-state index is -3.64. The molecule has 1 saturated carbocycles. The summed E-state index contributed by atoms with van der Waals surface area (Å²) in [5.74, 6) is -0.304. The Hall–Kier alpha value is -1.91. The van der Waals surface area contributed by atoms with Crippen LogP contribution in [0.2, 0.25) is 0 Å². The van der Waals surface area contributed by atoms with Gasteiger partial charge in [-0.15, -0.1) is 0 Å². The van der Waals surface area contributed by atoms with Gasteiger partial charge in [0.15, 0.2) is 0 Å². The summed E-state index contributed by atoms with van der Waals surface area (Å²) < 4.78 is 26.9. The molecule has 0 aliphatic heterocycles. The van der Waals surface area contributed by atoms with Crippen LogP contribution in [0.3, 0.4) is 0 Å². The molecule has 1 amide bonds. The fourth-order valence-corrected chi connectivity index (χ4v) is 3.95. The van der Waals surface area contributed by atoms with Gasteiger partial charge in [0.05, 0.1) is 11.0 Å². The van der Waals surface area contributed by atoms with E-state index in [9.17, 15) is 18.5 Å². The number of amides is 1. The summed E-state index contributed by atoms with van der Waals surface area (Å²) in [6.45, 7) is 3.77. The maximum atomic E-state index is 12.2. The Morgan fingerprint density at radius 2 is 1.92 bits per heavy atom. The fraction of sp³-hybridized carbons (Fsp3) is 0.529. The van der Waals surface area contributed by atoms with E-state index in [0.717, 1.165) is 24.0 Å². The van der Waals surface area contributed by atoms with E-state index >= 15 is 0 Å². The van der Waals surface area contributed by atoms with Crippen molar-refractivity contribution in [3.8, 4) is 6.07 Å². The molecule has 6 nitrogen and oxygen atoms in total. The molecule has 0 radical (unpaired) electrons. The van der Waals surface area contributed by atoms with Crippen LogP contribution in [0.15, 0.2) is 23.1 Å². The minimum absolute atomic E-state index is 0.00258. The van der Waals surface area contributed by atoms with Crippen molar-refractivity contribution in [2.24, 2.45) is 0 Å². The van der Waals surface area contributed by atoms with Crippen LogP contribution in [0.25, 0.3) is 0 Å². The van der Waals surface area contributed by atoms with Gasteiger partial charge in [0.1, 0.15) is 5.54 Å². The van der Waals surface area contributed by atoms with Crippen molar-refractivity contribution >= 4 is 15.9 Å².